The second-order valence-corrected chi connectivity index (χ2v) is 6.43. The van der Waals surface area contributed by atoms with E-state index < -0.39 is 0 Å². The molecular weight excluding hydrogens is 284 g/mol. The molecule has 112 valence electrons. The van der Waals surface area contributed by atoms with E-state index in [1.165, 1.54) is 5.56 Å². The van der Waals surface area contributed by atoms with E-state index in [1.807, 2.05) is 12.1 Å². The fourth-order valence-electron chi connectivity index (χ4n) is 3.49. The van der Waals surface area contributed by atoms with Crippen molar-refractivity contribution >= 4 is 17.4 Å². The van der Waals surface area contributed by atoms with Crippen LogP contribution in [0.15, 0.2) is 36.4 Å². The van der Waals surface area contributed by atoms with Crippen molar-refractivity contribution in [2.75, 3.05) is 13.2 Å². The van der Waals surface area contributed by atoms with Crippen LogP contribution in [-0.4, -0.2) is 19.0 Å². The number of hydrogen-bond acceptors (Lipinski definition) is 2. The predicted molar refractivity (Wildman–Crippen MR) is 84.6 cm³/mol. The molecule has 2 atom stereocenters. The molecule has 0 aromatic heterocycles. The summed E-state index contributed by atoms with van der Waals surface area (Å²) in [6.07, 6.45) is 7.94. The van der Waals surface area contributed by atoms with Crippen LogP contribution >= 0.6 is 11.6 Å². The van der Waals surface area contributed by atoms with Crippen LogP contribution in [0, 0.1) is 11.8 Å². The van der Waals surface area contributed by atoms with Gasteiger partial charge in [0, 0.05) is 30.1 Å². The van der Waals surface area contributed by atoms with E-state index in [0.29, 0.717) is 11.7 Å². The molecule has 3 rings (SSSR count). The van der Waals surface area contributed by atoms with E-state index in [2.05, 4.69) is 24.3 Å². The van der Waals surface area contributed by atoms with E-state index in [1.54, 1.807) is 0 Å². The maximum absolute atomic E-state index is 12.9. The van der Waals surface area contributed by atoms with Gasteiger partial charge in [0.25, 0.3) is 0 Å². The molecule has 0 spiro atoms. The summed E-state index contributed by atoms with van der Waals surface area (Å²) in [6, 6.07) is 7.98. The summed E-state index contributed by atoms with van der Waals surface area (Å²) in [5, 5.41) is 0.748. The second kappa shape index (κ2) is 6.76. The Kier molecular flexibility index (Phi) is 4.77. The van der Waals surface area contributed by atoms with Crippen LogP contribution < -0.4 is 0 Å². The van der Waals surface area contributed by atoms with Crippen molar-refractivity contribution in [1.82, 2.24) is 0 Å². The number of carbonyl (C=O) groups excluding carboxylic acids is 1. The maximum Gasteiger partial charge on any atom is 0.140 e. The molecule has 2 aliphatic rings. The Morgan fingerprint density at radius 3 is 2.43 bits per heavy atom. The number of allylic oxidation sites excluding steroid dienone is 2. The van der Waals surface area contributed by atoms with Gasteiger partial charge in [0.1, 0.15) is 5.78 Å². The van der Waals surface area contributed by atoms with Crippen LogP contribution in [-0.2, 0) is 9.53 Å². The average molecular weight is 305 g/mol. The SMILES string of the molecule is O=C(C1CCOCC1)C1CC=CC[C@@H]1c1ccc(Cl)cc1. The minimum Gasteiger partial charge on any atom is -0.381 e. The van der Waals surface area contributed by atoms with Gasteiger partial charge in [-0.05, 0) is 49.3 Å². The number of rotatable bonds is 3. The van der Waals surface area contributed by atoms with Gasteiger partial charge in [-0.1, -0.05) is 35.9 Å². The van der Waals surface area contributed by atoms with Crippen LogP contribution in [0.3, 0.4) is 0 Å². The van der Waals surface area contributed by atoms with Gasteiger partial charge in [-0.25, -0.2) is 0 Å². The second-order valence-electron chi connectivity index (χ2n) is 6.00. The molecule has 1 heterocycles. The van der Waals surface area contributed by atoms with Crippen molar-refractivity contribution in [3.63, 3.8) is 0 Å². The van der Waals surface area contributed by atoms with Crippen molar-refractivity contribution in [3.05, 3.63) is 47.0 Å². The van der Waals surface area contributed by atoms with Gasteiger partial charge in [0.15, 0.2) is 0 Å². The largest absolute Gasteiger partial charge is 0.381 e. The molecule has 0 amide bonds. The average Bonchev–Trinajstić information content (AvgIpc) is 2.56. The highest BCUT2D eigenvalue weighted by Gasteiger charge is 2.34. The summed E-state index contributed by atoms with van der Waals surface area (Å²) in [4.78, 5) is 12.9. The molecule has 21 heavy (non-hydrogen) atoms. The maximum atomic E-state index is 12.9. The van der Waals surface area contributed by atoms with Gasteiger partial charge in [-0.2, -0.15) is 0 Å². The van der Waals surface area contributed by atoms with E-state index in [4.69, 9.17) is 16.3 Å². The third-order valence-corrected chi connectivity index (χ3v) is 4.97. The summed E-state index contributed by atoms with van der Waals surface area (Å²) in [7, 11) is 0. The molecule has 1 aromatic carbocycles. The molecule has 0 N–H and O–H groups in total. The molecule has 0 saturated carbocycles. The number of benzene rings is 1. The lowest BCUT2D eigenvalue weighted by Gasteiger charge is -2.32. The highest BCUT2D eigenvalue weighted by molar-refractivity contribution is 6.30. The normalized spacial score (nSPS) is 26.7. The first kappa shape index (κ1) is 14.8. The van der Waals surface area contributed by atoms with Crippen molar-refractivity contribution in [2.24, 2.45) is 11.8 Å². The molecule has 1 aliphatic carbocycles. The minimum absolute atomic E-state index is 0.110. The van der Waals surface area contributed by atoms with Gasteiger partial charge in [0.2, 0.25) is 0 Å². The molecule has 1 fully saturated rings. The summed E-state index contributed by atoms with van der Waals surface area (Å²) >= 11 is 5.98. The molecular formula is C18H21ClO2. The lowest BCUT2D eigenvalue weighted by molar-refractivity contribution is -0.130. The summed E-state index contributed by atoms with van der Waals surface area (Å²) in [6.45, 7) is 1.45. The van der Waals surface area contributed by atoms with Crippen LogP contribution in [0.2, 0.25) is 5.02 Å². The molecule has 1 aromatic rings. The molecule has 2 nitrogen and oxygen atoms in total. The molecule has 1 unspecified atom stereocenters. The van der Waals surface area contributed by atoms with Crippen LogP contribution in [0.25, 0.3) is 0 Å². The van der Waals surface area contributed by atoms with Crippen molar-refractivity contribution < 1.29 is 9.53 Å². The Morgan fingerprint density at radius 1 is 1.05 bits per heavy atom. The number of hydrogen-bond donors (Lipinski definition) is 0. The first-order chi connectivity index (χ1) is 10.3. The van der Waals surface area contributed by atoms with Gasteiger partial charge in [0.05, 0.1) is 0 Å². The third kappa shape index (κ3) is 3.38. The molecule has 1 aliphatic heterocycles. The summed E-state index contributed by atoms with van der Waals surface area (Å²) in [5.74, 6) is 1.02. The van der Waals surface area contributed by atoms with E-state index in [-0.39, 0.29) is 11.8 Å². The fourth-order valence-corrected chi connectivity index (χ4v) is 3.62. The highest BCUT2D eigenvalue weighted by atomic mass is 35.5. The minimum atomic E-state index is 0.110. The zero-order chi connectivity index (χ0) is 14.7. The first-order valence-electron chi connectivity index (χ1n) is 7.77. The number of Topliss-reactive ketones (excluding diaryl/α,β-unsaturated/α-hetero) is 1. The van der Waals surface area contributed by atoms with E-state index >= 15 is 0 Å². The van der Waals surface area contributed by atoms with E-state index in [9.17, 15) is 4.79 Å². The van der Waals surface area contributed by atoms with Crippen molar-refractivity contribution in [2.45, 2.75) is 31.6 Å². The Labute approximate surface area is 131 Å². The zero-order valence-electron chi connectivity index (χ0n) is 12.1. The third-order valence-electron chi connectivity index (χ3n) is 4.72. The zero-order valence-corrected chi connectivity index (χ0v) is 12.9. The quantitative estimate of drug-likeness (QED) is 0.774. The predicted octanol–water partition coefficient (Wildman–Crippen LogP) is 4.39. The number of ether oxygens (including phenoxy) is 1. The van der Waals surface area contributed by atoms with Gasteiger partial charge >= 0.3 is 0 Å². The fraction of sp³-hybridized carbons (Fsp3) is 0.500. The molecule has 3 heteroatoms. The summed E-state index contributed by atoms with van der Waals surface area (Å²) < 4.78 is 5.38. The molecule has 1 saturated heterocycles. The van der Waals surface area contributed by atoms with Crippen molar-refractivity contribution in [3.8, 4) is 0 Å². The lowest BCUT2D eigenvalue weighted by atomic mass is 9.72. The topological polar surface area (TPSA) is 26.3 Å². The first-order valence-corrected chi connectivity index (χ1v) is 8.15. The smallest absolute Gasteiger partial charge is 0.140 e. The Bertz CT molecular complexity index is 515. The van der Waals surface area contributed by atoms with Gasteiger partial charge in [-0.15, -0.1) is 0 Å². The van der Waals surface area contributed by atoms with Crippen LogP contribution in [0.4, 0.5) is 0 Å². The van der Waals surface area contributed by atoms with Gasteiger partial charge < -0.3 is 4.74 Å². The molecule has 0 bridgehead atoms. The van der Waals surface area contributed by atoms with Gasteiger partial charge in [-0.3, -0.25) is 4.79 Å². The Balaban J connectivity index is 1.79. The van der Waals surface area contributed by atoms with Crippen molar-refractivity contribution in [1.29, 1.82) is 0 Å². The summed E-state index contributed by atoms with van der Waals surface area (Å²) in [5.41, 5.74) is 1.23. The number of ketones is 1. The number of halogens is 1. The Morgan fingerprint density at radius 2 is 1.71 bits per heavy atom. The van der Waals surface area contributed by atoms with Crippen LogP contribution in [0.5, 0.6) is 0 Å². The van der Waals surface area contributed by atoms with Crippen LogP contribution in [0.1, 0.15) is 37.2 Å². The monoisotopic (exact) mass is 304 g/mol. The molecule has 0 radical (unpaired) electrons. The Hall–Kier alpha value is -1.12. The standard InChI is InChI=1S/C18H21ClO2/c19-15-7-5-13(6-8-15)16-3-1-2-4-17(16)18(20)14-9-11-21-12-10-14/h1-2,5-8,14,16-17H,3-4,9-12H2/t16-,17?/m1/s1. The lowest BCUT2D eigenvalue weighted by Crippen LogP contribution is -2.33. The highest BCUT2D eigenvalue weighted by Crippen LogP contribution is 2.38. The van der Waals surface area contributed by atoms with E-state index in [0.717, 1.165) is 43.9 Å². The number of carbonyl (C=O) groups is 1.